The Hall–Kier alpha value is -3.04. The van der Waals surface area contributed by atoms with Gasteiger partial charge in [-0.15, -0.1) is 0 Å². The van der Waals surface area contributed by atoms with Gasteiger partial charge >= 0.3 is 0 Å². The smallest absolute Gasteiger partial charge is 0.262 e. The Morgan fingerprint density at radius 2 is 2.15 bits per heavy atom. The van der Waals surface area contributed by atoms with Crippen LogP contribution in [0.15, 0.2) is 35.9 Å². The van der Waals surface area contributed by atoms with Crippen molar-refractivity contribution in [2.24, 2.45) is 0 Å². The standard InChI is InChI=1S/C21H22N2O4/c1-25-16-7-5-14-6-8-20(26-2)19(18(14)11-16)10-15(12-22)21(24)23-13-17-4-3-9-27-17/h5-8,10-11,17H,3-4,9,13H2,1-2H3,(H,23,24)/b15-10+/t17-/m0/s1. The van der Waals surface area contributed by atoms with Gasteiger partial charge in [0.25, 0.3) is 5.91 Å². The molecule has 3 rings (SSSR count). The minimum Gasteiger partial charge on any atom is -0.497 e. The highest BCUT2D eigenvalue weighted by atomic mass is 16.5. The monoisotopic (exact) mass is 366 g/mol. The van der Waals surface area contributed by atoms with Crippen molar-refractivity contribution in [3.05, 3.63) is 41.5 Å². The minimum atomic E-state index is -0.421. The molecule has 1 aliphatic rings. The summed E-state index contributed by atoms with van der Waals surface area (Å²) < 4.78 is 16.3. The fourth-order valence-corrected chi connectivity index (χ4v) is 3.16. The van der Waals surface area contributed by atoms with E-state index in [2.05, 4.69) is 5.32 Å². The number of nitrogens with zero attached hydrogens (tertiary/aromatic N) is 1. The van der Waals surface area contributed by atoms with E-state index in [1.807, 2.05) is 36.4 Å². The number of methoxy groups -OCH3 is 2. The SMILES string of the molecule is COc1ccc2ccc(OC)c(/C=C(\C#N)C(=O)NC[C@@H]3CCCO3)c2c1. The number of carbonyl (C=O) groups excluding carboxylic acids is 1. The first kappa shape index (κ1) is 18.7. The van der Waals surface area contributed by atoms with Crippen molar-refractivity contribution in [1.82, 2.24) is 5.32 Å². The highest BCUT2D eigenvalue weighted by Crippen LogP contribution is 2.32. The summed E-state index contributed by atoms with van der Waals surface area (Å²) in [7, 11) is 3.15. The molecule has 2 aromatic rings. The van der Waals surface area contributed by atoms with Gasteiger partial charge in [-0.1, -0.05) is 12.1 Å². The quantitative estimate of drug-likeness (QED) is 0.628. The first-order valence-electron chi connectivity index (χ1n) is 8.82. The van der Waals surface area contributed by atoms with E-state index in [0.717, 1.165) is 30.2 Å². The highest BCUT2D eigenvalue weighted by Gasteiger charge is 2.18. The molecule has 1 N–H and O–H groups in total. The van der Waals surface area contributed by atoms with E-state index in [1.165, 1.54) is 0 Å². The van der Waals surface area contributed by atoms with Gasteiger partial charge in [-0.25, -0.2) is 0 Å². The highest BCUT2D eigenvalue weighted by molar-refractivity contribution is 6.05. The second-order valence-electron chi connectivity index (χ2n) is 6.28. The summed E-state index contributed by atoms with van der Waals surface area (Å²) in [6.07, 6.45) is 3.50. The molecule has 27 heavy (non-hydrogen) atoms. The van der Waals surface area contributed by atoms with Crippen molar-refractivity contribution in [3.8, 4) is 17.6 Å². The molecule has 1 heterocycles. The molecule has 1 atom stereocenters. The number of hydrogen-bond acceptors (Lipinski definition) is 5. The molecule has 1 saturated heterocycles. The summed E-state index contributed by atoms with van der Waals surface area (Å²) in [5.74, 6) is 0.845. The van der Waals surface area contributed by atoms with Gasteiger partial charge in [0.2, 0.25) is 0 Å². The van der Waals surface area contributed by atoms with Gasteiger partial charge < -0.3 is 19.5 Å². The molecule has 0 saturated carbocycles. The van der Waals surface area contributed by atoms with Crippen LogP contribution in [0, 0.1) is 11.3 Å². The summed E-state index contributed by atoms with van der Waals surface area (Å²) in [5, 5.41) is 14.1. The largest absolute Gasteiger partial charge is 0.497 e. The Bertz CT molecular complexity index is 903. The molecule has 0 radical (unpaired) electrons. The van der Waals surface area contributed by atoms with Crippen LogP contribution in [0.1, 0.15) is 18.4 Å². The second-order valence-corrected chi connectivity index (χ2v) is 6.28. The van der Waals surface area contributed by atoms with Crippen molar-refractivity contribution in [1.29, 1.82) is 5.26 Å². The summed E-state index contributed by atoms with van der Waals surface area (Å²) in [5.41, 5.74) is 0.680. The molecule has 140 valence electrons. The van der Waals surface area contributed by atoms with Gasteiger partial charge in [0.05, 0.1) is 20.3 Å². The molecular formula is C21H22N2O4. The third-order valence-corrected chi connectivity index (χ3v) is 4.62. The van der Waals surface area contributed by atoms with Crippen molar-refractivity contribution >= 4 is 22.8 Å². The van der Waals surface area contributed by atoms with Crippen LogP contribution in [0.25, 0.3) is 16.8 Å². The number of amides is 1. The van der Waals surface area contributed by atoms with E-state index in [0.29, 0.717) is 23.6 Å². The van der Waals surface area contributed by atoms with Gasteiger partial charge in [-0.2, -0.15) is 5.26 Å². The average molecular weight is 366 g/mol. The molecule has 1 fully saturated rings. The molecule has 6 heteroatoms. The van der Waals surface area contributed by atoms with Crippen LogP contribution in [0.5, 0.6) is 11.5 Å². The zero-order chi connectivity index (χ0) is 19.2. The molecule has 6 nitrogen and oxygen atoms in total. The maximum absolute atomic E-state index is 12.5. The lowest BCUT2D eigenvalue weighted by Gasteiger charge is -2.12. The predicted octanol–water partition coefficient (Wildman–Crippen LogP) is 3.06. The van der Waals surface area contributed by atoms with E-state index in [-0.39, 0.29) is 11.7 Å². The van der Waals surface area contributed by atoms with Gasteiger partial charge in [0.1, 0.15) is 23.1 Å². The molecule has 0 unspecified atom stereocenters. The van der Waals surface area contributed by atoms with Crippen LogP contribution >= 0.6 is 0 Å². The maximum atomic E-state index is 12.5. The van der Waals surface area contributed by atoms with Crippen LogP contribution < -0.4 is 14.8 Å². The zero-order valence-electron chi connectivity index (χ0n) is 15.5. The van der Waals surface area contributed by atoms with Crippen molar-refractivity contribution in [2.45, 2.75) is 18.9 Å². The lowest BCUT2D eigenvalue weighted by molar-refractivity contribution is -0.117. The van der Waals surface area contributed by atoms with Gasteiger partial charge in [-0.3, -0.25) is 4.79 Å². The van der Waals surface area contributed by atoms with E-state index in [1.54, 1.807) is 20.3 Å². The molecular weight excluding hydrogens is 344 g/mol. The summed E-state index contributed by atoms with van der Waals surface area (Å²) in [6, 6.07) is 11.4. The fourth-order valence-electron chi connectivity index (χ4n) is 3.16. The van der Waals surface area contributed by atoms with Crippen molar-refractivity contribution in [2.75, 3.05) is 27.4 Å². The lowest BCUT2D eigenvalue weighted by Crippen LogP contribution is -2.32. The maximum Gasteiger partial charge on any atom is 0.262 e. The first-order chi connectivity index (χ1) is 13.2. The zero-order valence-corrected chi connectivity index (χ0v) is 15.5. The fraction of sp³-hybridized carbons (Fsp3) is 0.333. The Kier molecular flexibility index (Phi) is 5.94. The Morgan fingerprint density at radius 1 is 1.33 bits per heavy atom. The summed E-state index contributed by atoms with van der Waals surface area (Å²) in [4.78, 5) is 12.5. The van der Waals surface area contributed by atoms with E-state index in [4.69, 9.17) is 14.2 Å². The molecule has 0 aliphatic carbocycles. The number of carbonyl (C=O) groups is 1. The lowest BCUT2D eigenvalue weighted by atomic mass is 10.0. The number of benzene rings is 2. The Morgan fingerprint density at radius 3 is 2.81 bits per heavy atom. The topological polar surface area (TPSA) is 80.6 Å². The molecule has 0 spiro atoms. The van der Waals surface area contributed by atoms with Crippen LogP contribution in [-0.4, -0.2) is 39.4 Å². The van der Waals surface area contributed by atoms with Crippen LogP contribution in [0.2, 0.25) is 0 Å². The molecule has 2 aromatic carbocycles. The van der Waals surface area contributed by atoms with Crippen LogP contribution in [0.3, 0.4) is 0 Å². The van der Waals surface area contributed by atoms with E-state index in [9.17, 15) is 10.1 Å². The predicted molar refractivity (Wildman–Crippen MR) is 103 cm³/mol. The Labute approximate surface area is 158 Å². The van der Waals surface area contributed by atoms with Gasteiger partial charge in [0.15, 0.2) is 0 Å². The van der Waals surface area contributed by atoms with Crippen molar-refractivity contribution in [3.63, 3.8) is 0 Å². The Balaban J connectivity index is 1.95. The number of nitriles is 1. The average Bonchev–Trinajstić information content (AvgIpc) is 3.23. The second kappa shape index (κ2) is 8.56. The van der Waals surface area contributed by atoms with E-state index >= 15 is 0 Å². The first-order valence-corrected chi connectivity index (χ1v) is 8.82. The third-order valence-electron chi connectivity index (χ3n) is 4.62. The van der Waals surface area contributed by atoms with Crippen LogP contribution in [0.4, 0.5) is 0 Å². The molecule has 1 amide bonds. The number of hydrogen-bond donors (Lipinski definition) is 1. The number of ether oxygens (including phenoxy) is 3. The number of nitrogens with one attached hydrogen (secondary N) is 1. The number of fused-ring (bicyclic) bond motifs is 1. The molecule has 0 aromatic heterocycles. The molecule has 1 aliphatic heterocycles. The molecule has 0 bridgehead atoms. The van der Waals surface area contributed by atoms with E-state index < -0.39 is 5.91 Å². The summed E-state index contributed by atoms with van der Waals surface area (Å²) in [6.45, 7) is 1.12. The minimum absolute atomic E-state index is 0.0154. The van der Waals surface area contributed by atoms with Crippen LogP contribution in [-0.2, 0) is 9.53 Å². The van der Waals surface area contributed by atoms with Crippen molar-refractivity contribution < 1.29 is 19.0 Å². The van der Waals surface area contributed by atoms with Gasteiger partial charge in [-0.05, 0) is 47.9 Å². The third kappa shape index (κ3) is 4.21. The van der Waals surface area contributed by atoms with Gasteiger partial charge in [0, 0.05) is 18.7 Å². The normalized spacial score (nSPS) is 16.8. The summed E-state index contributed by atoms with van der Waals surface area (Å²) >= 11 is 0. The number of rotatable bonds is 6.